The average Bonchev–Trinajstić information content (AvgIpc) is 2.66. The van der Waals surface area contributed by atoms with Crippen LogP contribution in [0.25, 0.3) is 0 Å². The zero-order chi connectivity index (χ0) is 18.4. The molecule has 0 saturated carbocycles. The lowest BCUT2D eigenvalue weighted by molar-refractivity contribution is 0.102. The number of carbonyl (C=O) groups is 1. The first-order valence-electron chi connectivity index (χ1n) is 8.02. The number of ether oxygens (including phenoxy) is 2. The van der Waals surface area contributed by atoms with Gasteiger partial charge in [-0.3, -0.25) is 9.59 Å². The van der Waals surface area contributed by atoms with Crippen LogP contribution in [-0.2, 0) is 0 Å². The van der Waals surface area contributed by atoms with Gasteiger partial charge in [-0.2, -0.15) is 5.10 Å². The molecule has 2 N–H and O–H groups in total. The fourth-order valence-electron chi connectivity index (χ4n) is 2.18. The quantitative estimate of drug-likeness (QED) is 0.711. The Morgan fingerprint density at radius 1 is 0.962 bits per heavy atom. The Labute approximate surface area is 149 Å². The van der Waals surface area contributed by atoms with Crippen molar-refractivity contribution in [2.24, 2.45) is 0 Å². The number of nitrogens with one attached hydrogen (secondary N) is 2. The van der Waals surface area contributed by atoms with Crippen LogP contribution in [0.5, 0.6) is 17.2 Å². The Kier molecular flexibility index (Phi) is 5.28. The first kappa shape index (κ1) is 17.2. The largest absolute Gasteiger partial charge is 0.494 e. The van der Waals surface area contributed by atoms with Crippen LogP contribution in [0, 0.1) is 0 Å². The van der Waals surface area contributed by atoms with Crippen molar-refractivity contribution in [1.82, 2.24) is 10.2 Å². The smallest absolute Gasteiger partial charge is 0.276 e. The average molecular weight is 351 g/mol. The number of aromatic amines is 1. The van der Waals surface area contributed by atoms with E-state index < -0.39 is 5.91 Å². The maximum atomic E-state index is 12.0. The number of amides is 1. The zero-order valence-corrected chi connectivity index (χ0v) is 14.1. The van der Waals surface area contributed by atoms with Crippen LogP contribution < -0.4 is 20.3 Å². The van der Waals surface area contributed by atoms with E-state index in [4.69, 9.17) is 9.47 Å². The molecular weight excluding hydrogens is 334 g/mol. The molecule has 1 aromatic heterocycles. The molecule has 0 aliphatic carbocycles. The normalized spacial score (nSPS) is 10.2. The molecule has 7 nitrogen and oxygen atoms in total. The number of H-pyrrole nitrogens is 1. The molecule has 0 unspecified atom stereocenters. The summed E-state index contributed by atoms with van der Waals surface area (Å²) in [5.74, 6) is 1.69. The van der Waals surface area contributed by atoms with Crippen LogP contribution in [0.3, 0.4) is 0 Å². The van der Waals surface area contributed by atoms with Crippen molar-refractivity contribution < 1.29 is 14.3 Å². The minimum atomic E-state index is -0.415. The molecule has 3 rings (SSSR count). The predicted molar refractivity (Wildman–Crippen MR) is 96.9 cm³/mol. The van der Waals surface area contributed by atoms with Gasteiger partial charge in [-0.15, -0.1) is 0 Å². The Morgan fingerprint density at radius 3 is 2.15 bits per heavy atom. The fourth-order valence-corrected chi connectivity index (χ4v) is 2.18. The molecule has 0 radical (unpaired) electrons. The van der Waals surface area contributed by atoms with Gasteiger partial charge in [0.05, 0.1) is 6.61 Å². The molecule has 1 heterocycles. The van der Waals surface area contributed by atoms with Gasteiger partial charge in [-0.1, -0.05) is 0 Å². The van der Waals surface area contributed by atoms with Crippen molar-refractivity contribution in [3.8, 4) is 17.2 Å². The number of anilines is 1. The third-order valence-electron chi connectivity index (χ3n) is 3.39. The number of benzene rings is 2. The molecule has 7 heteroatoms. The summed E-state index contributed by atoms with van der Waals surface area (Å²) in [5.41, 5.74) is 0.346. The first-order chi connectivity index (χ1) is 12.6. The zero-order valence-electron chi connectivity index (χ0n) is 14.1. The minimum absolute atomic E-state index is 0.124. The van der Waals surface area contributed by atoms with Gasteiger partial charge in [0, 0.05) is 11.8 Å². The molecular formula is C19H17N3O4. The van der Waals surface area contributed by atoms with Gasteiger partial charge in [0.1, 0.15) is 22.9 Å². The lowest BCUT2D eigenvalue weighted by atomic mass is 10.2. The molecule has 0 fully saturated rings. The van der Waals surface area contributed by atoms with E-state index in [1.807, 2.05) is 31.2 Å². The second kappa shape index (κ2) is 7.98. The molecule has 0 aliphatic heterocycles. The van der Waals surface area contributed by atoms with E-state index in [9.17, 15) is 9.59 Å². The van der Waals surface area contributed by atoms with Crippen LogP contribution >= 0.6 is 0 Å². The van der Waals surface area contributed by atoms with Crippen molar-refractivity contribution in [1.29, 1.82) is 0 Å². The van der Waals surface area contributed by atoms with Gasteiger partial charge in [0.25, 0.3) is 11.5 Å². The van der Waals surface area contributed by atoms with Gasteiger partial charge in [0.2, 0.25) is 0 Å². The third kappa shape index (κ3) is 4.47. The Morgan fingerprint density at radius 2 is 1.58 bits per heavy atom. The van der Waals surface area contributed by atoms with Crippen molar-refractivity contribution in [3.63, 3.8) is 0 Å². The standard InChI is InChI=1S/C19H17N3O4/c1-2-25-14-7-9-16(10-8-14)26-15-5-3-13(4-6-15)20-19(24)17-11-12-18(23)22-21-17/h3-12H,2H2,1H3,(H,20,24)(H,22,23). The predicted octanol–water partition coefficient (Wildman–Crippen LogP) is 3.21. The molecule has 1 amide bonds. The minimum Gasteiger partial charge on any atom is -0.494 e. The monoisotopic (exact) mass is 351 g/mol. The molecule has 0 bridgehead atoms. The molecule has 0 aliphatic rings. The second-order valence-electron chi connectivity index (χ2n) is 5.29. The summed E-state index contributed by atoms with van der Waals surface area (Å²) in [5, 5.41) is 8.60. The van der Waals surface area contributed by atoms with Crippen molar-refractivity contribution in [2.45, 2.75) is 6.92 Å². The summed E-state index contributed by atoms with van der Waals surface area (Å²) in [6, 6.07) is 16.8. The lowest BCUT2D eigenvalue weighted by Gasteiger charge is -2.09. The summed E-state index contributed by atoms with van der Waals surface area (Å²) in [4.78, 5) is 23.0. The van der Waals surface area contributed by atoms with Gasteiger partial charge in [0.15, 0.2) is 0 Å². The van der Waals surface area contributed by atoms with E-state index in [-0.39, 0.29) is 11.3 Å². The van der Waals surface area contributed by atoms with Crippen molar-refractivity contribution in [2.75, 3.05) is 11.9 Å². The van der Waals surface area contributed by atoms with Crippen LogP contribution in [0.4, 0.5) is 5.69 Å². The topological polar surface area (TPSA) is 93.3 Å². The van der Waals surface area contributed by atoms with E-state index in [1.165, 1.54) is 12.1 Å². The van der Waals surface area contributed by atoms with Crippen LogP contribution in [-0.4, -0.2) is 22.7 Å². The van der Waals surface area contributed by atoms with E-state index in [1.54, 1.807) is 24.3 Å². The van der Waals surface area contributed by atoms with Crippen LogP contribution in [0.2, 0.25) is 0 Å². The van der Waals surface area contributed by atoms with E-state index >= 15 is 0 Å². The highest BCUT2D eigenvalue weighted by atomic mass is 16.5. The first-order valence-corrected chi connectivity index (χ1v) is 8.02. The van der Waals surface area contributed by atoms with E-state index in [0.29, 0.717) is 23.8 Å². The summed E-state index contributed by atoms with van der Waals surface area (Å²) >= 11 is 0. The third-order valence-corrected chi connectivity index (χ3v) is 3.39. The molecule has 3 aromatic rings. The molecule has 2 aromatic carbocycles. The van der Waals surface area contributed by atoms with Gasteiger partial charge in [-0.25, -0.2) is 5.10 Å². The van der Waals surface area contributed by atoms with Gasteiger partial charge in [-0.05, 0) is 61.5 Å². The Balaban J connectivity index is 1.61. The molecule has 0 atom stereocenters. The Bertz CT molecular complexity index is 914. The highest BCUT2D eigenvalue weighted by Gasteiger charge is 2.08. The fraction of sp³-hybridized carbons (Fsp3) is 0.105. The summed E-state index contributed by atoms with van der Waals surface area (Å²) in [6.07, 6.45) is 0. The second-order valence-corrected chi connectivity index (χ2v) is 5.29. The van der Waals surface area contributed by atoms with Crippen molar-refractivity contribution in [3.05, 3.63) is 76.7 Å². The summed E-state index contributed by atoms with van der Waals surface area (Å²) in [7, 11) is 0. The maximum absolute atomic E-state index is 12.0. The Hall–Kier alpha value is -3.61. The number of hydrogen-bond acceptors (Lipinski definition) is 5. The highest BCUT2D eigenvalue weighted by Crippen LogP contribution is 2.25. The number of hydrogen-bond donors (Lipinski definition) is 2. The van der Waals surface area contributed by atoms with Crippen molar-refractivity contribution >= 4 is 11.6 Å². The van der Waals surface area contributed by atoms with Gasteiger partial charge >= 0.3 is 0 Å². The number of aromatic nitrogens is 2. The lowest BCUT2D eigenvalue weighted by Crippen LogP contribution is -2.17. The van der Waals surface area contributed by atoms with E-state index in [0.717, 1.165) is 5.75 Å². The number of rotatable bonds is 6. The highest BCUT2D eigenvalue weighted by molar-refractivity contribution is 6.02. The van der Waals surface area contributed by atoms with Gasteiger partial charge < -0.3 is 14.8 Å². The molecule has 0 saturated heterocycles. The number of carbonyl (C=O) groups excluding carboxylic acids is 1. The number of nitrogens with zero attached hydrogens (tertiary/aromatic N) is 1. The SMILES string of the molecule is CCOc1ccc(Oc2ccc(NC(=O)c3ccc(=O)[nH]n3)cc2)cc1. The van der Waals surface area contributed by atoms with Crippen LogP contribution in [0.15, 0.2) is 65.5 Å². The molecule has 0 spiro atoms. The summed E-state index contributed by atoms with van der Waals surface area (Å²) < 4.78 is 11.1. The van der Waals surface area contributed by atoms with Crippen LogP contribution in [0.1, 0.15) is 17.4 Å². The molecule has 26 heavy (non-hydrogen) atoms. The van der Waals surface area contributed by atoms with E-state index in [2.05, 4.69) is 15.5 Å². The maximum Gasteiger partial charge on any atom is 0.276 e. The summed E-state index contributed by atoms with van der Waals surface area (Å²) in [6.45, 7) is 2.54. The molecule has 132 valence electrons.